The molecule has 2 aromatic rings. The van der Waals surface area contributed by atoms with Crippen LogP contribution in [0.25, 0.3) is 11.4 Å². The first-order valence-electron chi connectivity index (χ1n) is 7.48. The third kappa shape index (κ3) is 2.99. The van der Waals surface area contributed by atoms with Gasteiger partial charge in [0.05, 0.1) is 7.11 Å². The van der Waals surface area contributed by atoms with E-state index in [0.717, 1.165) is 30.2 Å². The van der Waals surface area contributed by atoms with Crippen molar-refractivity contribution >= 4 is 5.69 Å². The maximum Gasteiger partial charge on any atom is 0.184 e. The van der Waals surface area contributed by atoms with Crippen LogP contribution in [-0.2, 0) is 6.54 Å². The van der Waals surface area contributed by atoms with Gasteiger partial charge in [-0.3, -0.25) is 0 Å². The van der Waals surface area contributed by atoms with Crippen LogP contribution >= 0.6 is 0 Å². The first kappa shape index (κ1) is 13.9. The number of aromatic nitrogens is 4. The lowest BCUT2D eigenvalue weighted by molar-refractivity contribution is 0.415. The van der Waals surface area contributed by atoms with Crippen molar-refractivity contribution in [1.82, 2.24) is 20.2 Å². The van der Waals surface area contributed by atoms with E-state index in [4.69, 9.17) is 10.5 Å². The number of aryl methyl sites for hydroxylation is 1. The van der Waals surface area contributed by atoms with E-state index >= 15 is 0 Å². The number of hydrogen-bond donors (Lipinski definition) is 1. The molecule has 0 spiro atoms. The number of nitrogens with two attached hydrogens (primary N) is 1. The zero-order chi connectivity index (χ0) is 14.7. The van der Waals surface area contributed by atoms with Crippen molar-refractivity contribution in [3.05, 3.63) is 18.2 Å². The Bertz CT molecular complexity index is 604. The van der Waals surface area contributed by atoms with Crippen LogP contribution in [0.3, 0.4) is 0 Å². The zero-order valence-corrected chi connectivity index (χ0v) is 12.3. The predicted octanol–water partition coefficient (Wildman–Crippen LogP) is 2.51. The van der Waals surface area contributed by atoms with Crippen molar-refractivity contribution < 1.29 is 4.74 Å². The summed E-state index contributed by atoms with van der Waals surface area (Å²) in [5, 5.41) is 12.1. The molecule has 0 atom stereocenters. The lowest BCUT2D eigenvalue weighted by atomic mass is 10.0. The van der Waals surface area contributed by atoms with Crippen LogP contribution in [0.2, 0.25) is 0 Å². The van der Waals surface area contributed by atoms with Crippen LogP contribution in [0.1, 0.15) is 32.1 Å². The molecule has 6 nitrogen and oxygen atoms in total. The number of rotatable bonds is 5. The lowest BCUT2D eigenvalue weighted by Gasteiger charge is -2.11. The number of methoxy groups -OCH3 is 1. The molecule has 0 aliphatic heterocycles. The lowest BCUT2D eigenvalue weighted by Crippen LogP contribution is -2.08. The van der Waals surface area contributed by atoms with E-state index in [9.17, 15) is 0 Å². The first-order chi connectivity index (χ1) is 10.3. The number of ether oxygens (including phenoxy) is 1. The Hall–Kier alpha value is -2.11. The highest BCUT2D eigenvalue weighted by Crippen LogP contribution is 2.30. The standard InChI is InChI=1S/C15H21N5O/c1-21-12-6-7-14(16)13(10-12)15-17-18-19-20(15)9-8-11-4-2-3-5-11/h6-7,10-11H,2-5,8-9,16H2,1H3. The second-order valence-corrected chi connectivity index (χ2v) is 5.62. The van der Waals surface area contributed by atoms with Gasteiger partial charge in [0.25, 0.3) is 0 Å². The minimum atomic E-state index is 0.660. The van der Waals surface area contributed by atoms with Crippen molar-refractivity contribution in [2.45, 2.75) is 38.6 Å². The quantitative estimate of drug-likeness (QED) is 0.855. The van der Waals surface area contributed by atoms with E-state index in [0.29, 0.717) is 11.5 Å². The Morgan fingerprint density at radius 2 is 2.14 bits per heavy atom. The molecule has 2 N–H and O–H groups in total. The van der Waals surface area contributed by atoms with Gasteiger partial charge in [-0.25, -0.2) is 4.68 Å². The monoisotopic (exact) mass is 287 g/mol. The molecule has 1 fully saturated rings. The fourth-order valence-electron chi connectivity index (χ4n) is 3.01. The van der Waals surface area contributed by atoms with Gasteiger partial charge in [0, 0.05) is 17.8 Å². The highest BCUT2D eigenvalue weighted by atomic mass is 16.5. The summed E-state index contributed by atoms with van der Waals surface area (Å²) in [6, 6.07) is 5.54. The fraction of sp³-hybridized carbons (Fsp3) is 0.533. The van der Waals surface area contributed by atoms with Crippen LogP contribution in [0.15, 0.2) is 18.2 Å². The van der Waals surface area contributed by atoms with Crippen molar-refractivity contribution in [2.75, 3.05) is 12.8 Å². The van der Waals surface area contributed by atoms with E-state index in [1.807, 2.05) is 22.9 Å². The molecule has 1 aliphatic carbocycles. The second-order valence-electron chi connectivity index (χ2n) is 5.62. The van der Waals surface area contributed by atoms with Gasteiger partial charge in [-0.15, -0.1) is 5.10 Å². The Morgan fingerprint density at radius 3 is 2.90 bits per heavy atom. The molecule has 1 aliphatic rings. The minimum absolute atomic E-state index is 0.660. The van der Waals surface area contributed by atoms with Crippen molar-refractivity contribution in [1.29, 1.82) is 0 Å². The number of hydrogen-bond acceptors (Lipinski definition) is 5. The highest BCUT2D eigenvalue weighted by molar-refractivity contribution is 5.72. The minimum Gasteiger partial charge on any atom is -0.497 e. The number of nitrogen functional groups attached to an aromatic ring is 1. The fourth-order valence-corrected chi connectivity index (χ4v) is 3.01. The summed E-state index contributed by atoms with van der Waals surface area (Å²) in [5.41, 5.74) is 7.54. The second kappa shape index (κ2) is 6.11. The van der Waals surface area contributed by atoms with E-state index < -0.39 is 0 Å². The Balaban J connectivity index is 1.81. The molecular formula is C15H21N5O. The number of anilines is 1. The van der Waals surface area contributed by atoms with Crippen LogP contribution in [0.4, 0.5) is 5.69 Å². The third-order valence-electron chi connectivity index (χ3n) is 4.26. The van der Waals surface area contributed by atoms with Crippen molar-refractivity contribution in [2.24, 2.45) is 5.92 Å². The average molecular weight is 287 g/mol. The predicted molar refractivity (Wildman–Crippen MR) is 80.8 cm³/mol. The van der Waals surface area contributed by atoms with Crippen molar-refractivity contribution in [3.8, 4) is 17.1 Å². The zero-order valence-electron chi connectivity index (χ0n) is 12.3. The summed E-state index contributed by atoms with van der Waals surface area (Å²) >= 11 is 0. The van der Waals surface area contributed by atoms with Gasteiger partial charge in [-0.05, 0) is 41.0 Å². The Morgan fingerprint density at radius 1 is 1.33 bits per heavy atom. The molecule has 0 unspecified atom stereocenters. The topological polar surface area (TPSA) is 78.8 Å². The molecule has 3 rings (SSSR count). The van der Waals surface area contributed by atoms with Gasteiger partial charge in [0.15, 0.2) is 5.82 Å². The van der Waals surface area contributed by atoms with Crippen LogP contribution in [0, 0.1) is 5.92 Å². The van der Waals surface area contributed by atoms with E-state index in [-0.39, 0.29) is 0 Å². The van der Waals surface area contributed by atoms with E-state index in [2.05, 4.69) is 15.5 Å². The number of benzene rings is 1. The molecule has 1 saturated carbocycles. The third-order valence-corrected chi connectivity index (χ3v) is 4.26. The molecule has 21 heavy (non-hydrogen) atoms. The molecule has 1 aromatic carbocycles. The largest absolute Gasteiger partial charge is 0.497 e. The SMILES string of the molecule is COc1ccc(N)c(-c2nnnn2CCC2CCCC2)c1. The molecule has 0 bridgehead atoms. The summed E-state index contributed by atoms with van der Waals surface area (Å²) in [4.78, 5) is 0. The van der Waals surface area contributed by atoms with Crippen LogP contribution in [0.5, 0.6) is 5.75 Å². The average Bonchev–Trinajstić information content (AvgIpc) is 3.17. The molecular weight excluding hydrogens is 266 g/mol. The first-order valence-corrected chi connectivity index (χ1v) is 7.48. The normalized spacial score (nSPS) is 15.5. The van der Waals surface area contributed by atoms with Gasteiger partial charge >= 0.3 is 0 Å². The van der Waals surface area contributed by atoms with Crippen molar-refractivity contribution in [3.63, 3.8) is 0 Å². The van der Waals surface area contributed by atoms with Gasteiger partial charge in [0.1, 0.15) is 5.75 Å². The number of nitrogens with zero attached hydrogens (tertiary/aromatic N) is 4. The molecule has 0 amide bonds. The Labute approximate surface area is 124 Å². The van der Waals surface area contributed by atoms with Gasteiger partial charge in [-0.1, -0.05) is 25.7 Å². The summed E-state index contributed by atoms with van der Waals surface area (Å²) in [6.07, 6.45) is 6.51. The smallest absolute Gasteiger partial charge is 0.184 e. The van der Waals surface area contributed by atoms with E-state index in [1.165, 1.54) is 25.7 Å². The molecule has 6 heteroatoms. The van der Waals surface area contributed by atoms with Gasteiger partial charge in [0.2, 0.25) is 0 Å². The van der Waals surface area contributed by atoms with Crippen LogP contribution < -0.4 is 10.5 Å². The Kier molecular flexibility index (Phi) is 4.03. The van der Waals surface area contributed by atoms with Crippen LogP contribution in [-0.4, -0.2) is 27.3 Å². The molecule has 0 saturated heterocycles. The van der Waals surface area contributed by atoms with Gasteiger partial charge < -0.3 is 10.5 Å². The van der Waals surface area contributed by atoms with E-state index in [1.54, 1.807) is 7.11 Å². The number of tetrazole rings is 1. The molecule has 0 radical (unpaired) electrons. The maximum atomic E-state index is 6.06. The summed E-state index contributed by atoms with van der Waals surface area (Å²) in [6.45, 7) is 0.837. The summed E-state index contributed by atoms with van der Waals surface area (Å²) < 4.78 is 7.11. The summed E-state index contributed by atoms with van der Waals surface area (Å²) in [5.74, 6) is 2.28. The molecule has 112 valence electrons. The summed E-state index contributed by atoms with van der Waals surface area (Å²) in [7, 11) is 1.64. The molecule has 1 aromatic heterocycles. The highest BCUT2D eigenvalue weighted by Gasteiger charge is 2.17. The molecule has 1 heterocycles. The maximum absolute atomic E-state index is 6.06. The van der Waals surface area contributed by atoms with Gasteiger partial charge in [-0.2, -0.15) is 0 Å².